The van der Waals surface area contributed by atoms with E-state index in [9.17, 15) is 14.4 Å². The number of benzene rings is 5. The number of carbonyl (C=O) groups excluding carboxylic acids is 3. The van der Waals surface area contributed by atoms with Gasteiger partial charge in [-0.05, 0) is 143 Å². The molecule has 64 heavy (non-hydrogen) atoms. The monoisotopic (exact) mass is 867 g/mol. The smallest absolute Gasteiger partial charge is 0.338 e. The van der Waals surface area contributed by atoms with Crippen LogP contribution in [0.25, 0.3) is 39.0 Å². The molecule has 1 fully saturated rings. The average Bonchev–Trinajstić information content (AvgIpc) is 3.28. The molecular weight excluding hydrogens is 817 g/mol. The number of nitrogen functional groups attached to an aromatic ring is 2. The molecule has 2 aliphatic heterocycles. The van der Waals surface area contributed by atoms with Crippen molar-refractivity contribution in [2.24, 2.45) is 4.99 Å². The lowest BCUT2D eigenvalue weighted by atomic mass is 9.87. The number of rotatable bonds is 7. The summed E-state index contributed by atoms with van der Waals surface area (Å²) >= 11 is 0. The van der Waals surface area contributed by atoms with Gasteiger partial charge < -0.3 is 31.3 Å². The summed E-state index contributed by atoms with van der Waals surface area (Å²) in [7, 11) is 1.03. The molecule has 2 amide bonds. The molecule has 4 aromatic rings. The number of aliphatic imine (C=N–C) groups is 1. The zero-order chi connectivity index (χ0) is 45.0. The molecule has 9 rings (SSSR count). The third-order valence-corrected chi connectivity index (χ3v) is 16.6. The SMILES string of the molecule is CN=C1C=CC2=C(c3ccc(C(=O)NC4CCC(NC(=O)c5ccc(-c6c7ccc(=[NH2+])cc-7oc7cc(N)ccc67)c(C(=O)OC)c5)CC4)cc3C)c3ccc(N)cc3[Si](C)(C)C2=C1. The minimum Gasteiger partial charge on any atom is -0.465 e. The third kappa shape index (κ3) is 7.53. The van der Waals surface area contributed by atoms with Gasteiger partial charge in [-0.2, -0.15) is 0 Å². The van der Waals surface area contributed by atoms with Crippen LogP contribution in [0.2, 0.25) is 13.1 Å². The number of hydrogen-bond acceptors (Lipinski definition) is 8. The lowest BCUT2D eigenvalue weighted by Crippen LogP contribution is -2.49. The van der Waals surface area contributed by atoms with Gasteiger partial charge in [0.05, 0.1) is 24.5 Å². The number of allylic oxidation sites excluding steroid dienone is 5. The molecule has 0 atom stereocenters. The Morgan fingerprint density at radius 2 is 1.39 bits per heavy atom. The summed E-state index contributed by atoms with van der Waals surface area (Å²) in [5.41, 5.74) is 24.1. The molecule has 11 nitrogen and oxygen atoms in total. The van der Waals surface area contributed by atoms with Crippen molar-refractivity contribution in [3.05, 3.63) is 159 Å². The first-order valence-corrected chi connectivity index (χ1v) is 24.6. The molecule has 8 N–H and O–H groups in total. The van der Waals surface area contributed by atoms with Crippen molar-refractivity contribution < 1.29 is 28.9 Å². The van der Waals surface area contributed by atoms with Crippen LogP contribution in [0.15, 0.2) is 129 Å². The normalized spacial score (nSPS) is 18.3. The molecule has 322 valence electrons. The second-order valence-electron chi connectivity index (χ2n) is 17.5. The second-order valence-corrected chi connectivity index (χ2v) is 21.9. The highest BCUT2D eigenvalue weighted by molar-refractivity contribution is 6.98. The van der Waals surface area contributed by atoms with Crippen molar-refractivity contribution in [1.82, 2.24) is 10.6 Å². The maximum atomic E-state index is 13.8. The zero-order valence-corrected chi connectivity index (χ0v) is 37.6. The first-order valence-electron chi connectivity index (χ1n) is 21.6. The topological polar surface area (TPSA) is 188 Å². The molecule has 0 aromatic heterocycles. The van der Waals surface area contributed by atoms with Crippen molar-refractivity contribution in [3.63, 3.8) is 0 Å². The van der Waals surface area contributed by atoms with Crippen molar-refractivity contribution in [1.29, 1.82) is 0 Å². The van der Waals surface area contributed by atoms with Gasteiger partial charge in [-0.1, -0.05) is 37.4 Å². The van der Waals surface area contributed by atoms with Crippen LogP contribution in [0.3, 0.4) is 0 Å². The minimum absolute atomic E-state index is 0.0407. The maximum absolute atomic E-state index is 13.8. The Morgan fingerprint density at radius 1 is 0.766 bits per heavy atom. The Hall–Kier alpha value is -7.31. The summed E-state index contributed by atoms with van der Waals surface area (Å²) < 4.78 is 11.4. The number of amides is 2. The van der Waals surface area contributed by atoms with Crippen LogP contribution < -0.4 is 38.1 Å². The fourth-order valence-corrected chi connectivity index (χ4v) is 12.8. The van der Waals surface area contributed by atoms with Crippen molar-refractivity contribution in [3.8, 4) is 22.5 Å². The third-order valence-electron chi connectivity index (χ3n) is 13.1. The molecule has 4 aromatic carbocycles. The van der Waals surface area contributed by atoms with E-state index in [-0.39, 0.29) is 29.5 Å². The summed E-state index contributed by atoms with van der Waals surface area (Å²) in [5.74, 6) is -0.478. The van der Waals surface area contributed by atoms with Gasteiger partial charge in [-0.25, -0.2) is 4.79 Å². The van der Waals surface area contributed by atoms with Gasteiger partial charge in [0, 0.05) is 70.3 Å². The zero-order valence-electron chi connectivity index (χ0n) is 36.6. The van der Waals surface area contributed by atoms with Crippen molar-refractivity contribution in [2.75, 3.05) is 25.6 Å². The van der Waals surface area contributed by atoms with Crippen molar-refractivity contribution in [2.45, 2.75) is 57.8 Å². The van der Waals surface area contributed by atoms with Gasteiger partial charge in [0.25, 0.3) is 11.8 Å². The number of nitrogens with one attached hydrogen (secondary N) is 2. The Kier molecular flexibility index (Phi) is 10.8. The highest BCUT2D eigenvalue weighted by atomic mass is 28.3. The minimum atomic E-state index is -2.10. The largest absolute Gasteiger partial charge is 0.465 e. The lowest BCUT2D eigenvalue weighted by molar-refractivity contribution is -0.172. The number of fused-ring (bicyclic) bond motifs is 4. The van der Waals surface area contributed by atoms with E-state index in [0.717, 1.165) is 44.6 Å². The molecular formula is C52H51N6O5Si+. The Balaban J connectivity index is 0.897. The van der Waals surface area contributed by atoms with Crippen LogP contribution in [0.1, 0.15) is 73.4 Å². The van der Waals surface area contributed by atoms with E-state index in [1.54, 1.807) is 42.5 Å². The molecule has 0 radical (unpaired) electrons. The van der Waals surface area contributed by atoms with E-state index >= 15 is 0 Å². The van der Waals surface area contributed by atoms with Crippen LogP contribution in [-0.2, 0) is 4.74 Å². The highest BCUT2D eigenvalue weighted by Gasteiger charge is 2.40. The molecule has 0 unspecified atom stereocenters. The fourth-order valence-electron chi connectivity index (χ4n) is 9.68. The summed E-state index contributed by atoms with van der Waals surface area (Å²) in [5, 5.41) is 16.4. The van der Waals surface area contributed by atoms with E-state index in [2.05, 4.69) is 72.1 Å². The van der Waals surface area contributed by atoms with E-state index in [0.29, 0.717) is 64.8 Å². The van der Waals surface area contributed by atoms with Gasteiger partial charge in [0.1, 0.15) is 19.4 Å². The molecule has 0 bridgehead atoms. The lowest BCUT2D eigenvalue weighted by Gasteiger charge is -2.38. The number of nitrogens with zero attached hydrogens (tertiary/aromatic N) is 1. The van der Waals surface area contributed by atoms with Crippen LogP contribution >= 0.6 is 0 Å². The Labute approximate surface area is 372 Å². The van der Waals surface area contributed by atoms with Gasteiger partial charge in [-0.3, -0.25) is 20.0 Å². The van der Waals surface area contributed by atoms with Crippen LogP contribution in [-0.4, -0.2) is 57.8 Å². The van der Waals surface area contributed by atoms with E-state index in [1.807, 2.05) is 37.4 Å². The summed E-state index contributed by atoms with van der Waals surface area (Å²) in [4.78, 5) is 45.4. The van der Waals surface area contributed by atoms with Gasteiger partial charge >= 0.3 is 5.97 Å². The maximum Gasteiger partial charge on any atom is 0.338 e. The number of carbonyl (C=O) groups is 3. The molecule has 1 saturated carbocycles. The van der Waals surface area contributed by atoms with Gasteiger partial charge in [0.15, 0.2) is 5.36 Å². The first-order chi connectivity index (χ1) is 30.7. The number of anilines is 2. The standard InChI is InChI=1S/C52H50N6O5Si/c1-28-22-29(6-16-37(28)48-41-20-10-33(55)26-46(41)64(4,5)47-27-36(56-2)15-21-42(47)48)50(59)57-34-11-13-35(14-12-34)58-51(60)30-7-17-38(43(23-30)52(61)62-3)49-39-18-8-31(53)24-44(39)63-45-25-32(54)9-19-40(45)49/h6-10,15-27,34-35,53H,11-14,54-55H2,1-5H3,(H,57,59)(H,58,60)/p+1. The van der Waals surface area contributed by atoms with Crippen molar-refractivity contribution >= 4 is 64.7 Å². The second kappa shape index (κ2) is 16.4. The number of nitrogens with two attached hydrogens (primary N) is 3. The molecule has 0 saturated heterocycles. The molecule has 2 heterocycles. The number of methoxy groups -OCH3 is 1. The van der Waals surface area contributed by atoms with E-state index < -0.39 is 14.0 Å². The molecule has 5 aliphatic rings. The van der Waals surface area contributed by atoms with Crippen LogP contribution in [0.4, 0.5) is 11.4 Å². The van der Waals surface area contributed by atoms with E-state index in [1.165, 1.54) is 28.6 Å². The quantitative estimate of drug-likeness (QED) is 0.0529. The molecule has 0 spiro atoms. The Bertz CT molecular complexity index is 3110. The summed E-state index contributed by atoms with van der Waals surface area (Å²) in [6.07, 6.45) is 9.26. The summed E-state index contributed by atoms with van der Waals surface area (Å²) in [6.45, 7) is 6.79. The molecule has 3 aliphatic carbocycles. The van der Waals surface area contributed by atoms with Crippen LogP contribution in [0, 0.1) is 6.92 Å². The highest BCUT2D eigenvalue weighted by Crippen LogP contribution is 2.44. The number of aryl methyl sites for hydroxylation is 1. The van der Waals surface area contributed by atoms with Gasteiger partial charge in [-0.15, -0.1) is 0 Å². The predicted molar refractivity (Wildman–Crippen MR) is 256 cm³/mol. The van der Waals surface area contributed by atoms with Crippen LogP contribution in [0.5, 0.6) is 0 Å². The van der Waals surface area contributed by atoms with E-state index in [4.69, 9.17) is 26.0 Å². The Morgan fingerprint density at radius 3 is 2.06 bits per heavy atom. The fraction of sp³-hybridized carbons (Fsp3) is 0.212. The number of ether oxygens (including phenoxy) is 1. The number of hydrogen-bond donors (Lipinski definition) is 5. The first kappa shape index (κ1) is 42.0. The predicted octanol–water partition coefficient (Wildman–Crippen LogP) is 6.43. The van der Waals surface area contributed by atoms with Gasteiger partial charge in [0.2, 0.25) is 0 Å². The average molecular weight is 868 g/mol. The summed E-state index contributed by atoms with van der Waals surface area (Å²) in [6, 6.07) is 27.8. The molecule has 12 heteroatoms. The number of esters is 1.